The highest BCUT2D eigenvalue weighted by Crippen LogP contribution is 2.14. The van der Waals surface area contributed by atoms with Crippen LogP contribution in [-0.2, 0) is 29.0 Å². The summed E-state index contributed by atoms with van der Waals surface area (Å²) in [6, 6.07) is 0. The lowest BCUT2D eigenvalue weighted by molar-refractivity contribution is -0.123. The molecule has 0 radical (unpaired) electrons. The van der Waals surface area contributed by atoms with Crippen molar-refractivity contribution in [3.63, 3.8) is 0 Å². The number of nitrogens with zero attached hydrogens (tertiary/aromatic N) is 3. The number of hydrogen-bond acceptors (Lipinski definition) is 4. The van der Waals surface area contributed by atoms with Crippen molar-refractivity contribution in [2.45, 2.75) is 38.8 Å². The monoisotopic (exact) mass is 251 g/mol. The number of fused-ring (bicyclic) bond motifs is 1. The quantitative estimate of drug-likeness (QED) is 0.757. The molecular weight excluding hydrogens is 234 g/mol. The van der Waals surface area contributed by atoms with Gasteiger partial charge in [-0.05, 0) is 19.3 Å². The molecule has 0 N–H and O–H groups in total. The first-order chi connectivity index (χ1) is 8.75. The third kappa shape index (κ3) is 2.01. The first-order valence-electron chi connectivity index (χ1n) is 6.52. The van der Waals surface area contributed by atoms with Gasteiger partial charge in [-0.2, -0.15) is 5.10 Å². The average molecular weight is 251 g/mol. The van der Waals surface area contributed by atoms with Crippen LogP contribution in [0.2, 0.25) is 0 Å². The maximum absolute atomic E-state index is 12.0. The van der Waals surface area contributed by atoms with Crippen LogP contribution in [0.15, 0.2) is 4.79 Å². The van der Waals surface area contributed by atoms with Crippen LogP contribution in [0.4, 0.5) is 0 Å². The fourth-order valence-electron chi connectivity index (χ4n) is 2.62. The van der Waals surface area contributed by atoms with E-state index in [0.717, 1.165) is 38.1 Å². The zero-order chi connectivity index (χ0) is 12.5. The van der Waals surface area contributed by atoms with Crippen molar-refractivity contribution in [1.82, 2.24) is 14.3 Å². The molecule has 2 aliphatic heterocycles. The van der Waals surface area contributed by atoms with Gasteiger partial charge in [-0.1, -0.05) is 0 Å². The van der Waals surface area contributed by atoms with E-state index in [-0.39, 0.29) is 23.9 Å². The van der Waals surface area contributed by atoms with Gasteiger partial charge in [0.05, 0.1) is 6.61 Å². The van der Waals surface area contributed by atoms with E-state index in [9.17, 15) is 9.59 Å². The number of Topliss-reactive ketones (excluding diaryl/α,β-unsaturated/α-hetero) is 1. The smallest absolute Gasteiger partial charge is 0.346 e. The highest BCUT2D eigenvalue weighted by atomic mass is 16.5. The van der Waals surface area contributed by atoms with E-state index in [1.54, 1.807) is 4.57 Å². The second-order valence-corrected chi connectivity index (χ2v) is 4.99. The summed E-state index contributed by atoms with van der Waals surface area (Å²) >= 11 is 0. The van der Waals surface area contributed by atoms with Crippen LogP contribution >= 0.6 is 0 Å². The summed E-state index contributed by atoms with van der Waals surface area (Å²) in [6.45, 7) is 1.95. The van der Waals surface area contributed by atoms with Crippen LogP contribution in [0.5, 0.6) is 0 Å². The van der Waals surface area contributed by atoms with Gasteiger partial charge >= 0.3 is 5.69 Å². The van der Waals surface area contributed by atoms with Crippen LogP contribution in [0.25, 0.3) is 0 Å². The topological polar surface area (TPSA) is 66.1 Å². The predicted octanol–water partition coefficient (Wildman–Crippen LogP) is -0.0133. The van der Waals surface area contributed by atoms with Gasteiger partial charge in [0, 0.05) is 25.5 Å². The number of aryl methyl sites for hydroxylation is 1. The first kappa shape index (κ1) is 11.6. The van der Waals surface area contributed by atoms with E-state index in [2.05, 4.69) is 5.10 Å². The van der Waals surface area contributed by atoms with Gasteiger partial charge in [0.1, 0.15) is 12.4 Å². The molecule has 1 atom stereocenters. The molecule has 0 aliphatic carbocycles. The molecule has 0 bridgehead atoms. The summed E-state index contributed by atoms with van der Waals surface area (Å²) < 4.78 is 8.21. The Kier molecular flexibility index (Phi) is 3.03. The Morgan fingerprint density at radius 2 is 2.33 bits per heavy atom. The summed E-state index contributed by atoms with van der Waals surface area (Å²) in [4.78, 5) is 24.0. The number of carbonyl (C=O) groups is 1. The summed E-state index contributed by atoms with van der Waals surface area (Å²) in [5, 5.41) is 4.27. The molecule has 1 unspecified atom stereocenters. The first-order valence-corrected chi connectivity index (χ1v) is 6.52. The highest BCUT2D eigenvalue weighted by Gasteiger charge is 2.25. The van der Waals surface area contributed by atoms with Crippen LogP contribution in [0, 0.1) is 5.92 Å². The molecular formula is C12H17N3O3. The SMILES string of the molecule is O=C(Cn1nc2n(c1=O)CCCC2)C1CCOC1. The normalized spacial score (nSPS) is 23.0. The molecule has 0 spiro atoms. The lowest BCUT2D eigenvalue weighted by atomic mass is 10.0. The number of rotatable bonds is 3. The zero-order valence-electron chi connectivity index (χ0n) is 10.3. The summed E-state index contributed by atoms with van der Waals surface area (Å²) in [5.41, 5.74) is -0.142. The van der Waals surface area contributed by atoms with Gasteiger partial charge < -0.3 is 4.74 Å². The van der Waals surface area contributed by atoms with E-state index in [1.807, 2.05) is 0 Å². The predicted molar refractivity (Wildman–Crippen MR) is 63.4 cm³/mol. The van der Waals surface area contributed by atoms with Crippen LogP contribution in [0.1, 0.15) is 25.1 Å². The highest BCUT2D eigenvalue weighted by molar-refractivity contribution is 5.81. The average Bonchev–Trinajstić information content (AvgIpc) is 3.00. The van der Waals surface area contributed by atoms with Crippen LogP contribution in [-0.4, -0.2) is 33.3 Å². The molecule has 1 saturated heterocycles. The van der Waals surface area contributed by atoms with E-state index in [4.69, 9.17) is 4.74 Å². The Labute approximate surface area is 105 Å². The lowest BCUT2D eigenvalue weighted by Crippen LogP contribution is -2.31. The molecule has 1 aromatic rings. The largest absolute Gasteiger partial charge is 0.381 e. The number of ether oxygens (including phenoxy) is 1. The summed E-state index contributed by atoms with van der Waals surface area (Å²) in [5.74, 6) is 0.822. The molecule has 6 nitrogen and oxygen atoms in total. The molecule has 0 saturated carbocycles. The Balaban J connectivity index is 1.78. The second kappa shape index (κ2) is 4.68. The Morgan fingerprint density at radius 3 is 3.06 bits per heavy atom. The molecule has 3 rings (SSSR count). The minimum atomic E-state index is -0.142. The van der Waals surface area contributed by atoms with E-state index < -0.39 is 0 Å². The molecule has 1 aromatic heterocycles. The summed E-state index contributed by atoms with van der Waals surface area (Å²) in [6.07, 6.45) is 3.69. The van der Waals surface area contributed by atoms with Crippen molar-refractivity contribution >= 4 is 5.78 Å². The fourth-order valence-corrected chi connectivity index (χ4v) is 2.62. The van der Waals surface area contributed by atoms with Crippen LogP contribution in [0.3, 0.4) is 0 Å². The minimum absolute atomic E-state index is 0.0596. The third-order valence-corrected chi connectivity index (χ3v) is 3.72. The number of carbonyl (C=O) groups excluding carboxylic acids is 1. The van der Waals surface area contributed by atoms with Crippen molar-refractivity contribution in [3.05, 3.63) is 16.3 Å². The number of ketones is 1. The maximum atomic E-state index is 12.0. The molecule has 2 aliphatic rings. The van der Waals surface area contributed by atoms with Gasteiger partial charge in [0.25, 0.3) is 0 Å². The lowest BCUT2D eigenvalue weighted by Gasteiger charge is -2.09. The zero-order valence-corrected chi connectivity index (χ0v) is 10.3. The molecule has 98 valence electrons. The maximum Gasteiger partial charge on any atom is 0.346 e. The van der Waals surface area contributed by atoms with E-state index in [0.29, 0.717) is 13.2 Å². The van der Waals surface area contributed by atoms with Crippen LogP contribution < -0.4 is 5.69 Å². The number of aromatic nitrogens is 3. The molecule has 3 heterocycles. The van der Waals surface area contributed by atoms with E-state index in [1.165, 1.54) is 4.68 Å². The van der Waals surface area contributed by atoms with Crippen molar-refractivity contribution < 1.29 is 9.53 Å². The standard InChI is InChI=1S/C12H17N3O3/c16-10(9-4-6-18-8-9)7-15-12(17)14-5-2-1-3-11(14)13-15/h9H,1-8H2. The number of hydrogen-bond donors (Lipinski definition) is 0. The summed E-state index contributed by atoms with van der Waals surface area (Å²) in [7, 11) is 0. The van der Waals surface area contributed by atoms with Gasteiger partial charge in [-0.3, -0.25) is 9.36 Å². The van der Waals surface area contributed by atoms with Crippen molar-refractivity contribution in [2.24, 2.45) is 5.92 Å². The van der Waals surface area contributed by atoms with Gasteiger partial charge in [-0.25, -0.2) is 9.48 Å². The van der Waals surface area contributed by atoms with E-state index >= 15 is 0 Å². The molecule has 18 heavy (non-hydrogen) atoms. The molecule has 6 heteroatoms. The second-order valence-electron chi connectivity index (χ2n) is 4.99. The van der Waals surface area contributed by atoms with Crippen molar-refractivity contribution in [3.8, 4) is 0 Å². The van der Waals surface area contributed by atoms with Crippen molar-refractivity contribution in [2.75, 3.05) is 13.2 Å². The van der Waals surface area contributed by atoms with Gasteiger partial charge in [0.2, 0.25) is 0 Å². The molecule has 0 amide bonds. The molecule has 1 fully saturated rings. The third-order valence-electron chi connectivity index (χ3n) is 3.72. The Morgan fingerprint density at radius 1 is 1.44 bits per heavy atom. The Hall–Kier alpha value is -1.43. The minimum Gasteiger partial charge on any atom is -0.381 e. The van der Waals surface area contributed by atoms with Gasteiger partial charge in [-0.15, -0.1) is 0 Å². The van der Waals surface area contributed by atoms with Gasteiger partial charge in [0.15, 0.2) is 5.78 Å². The Bertz CT molecular complexity index is 511. The fraction of sp³-hybridized carbons (Fsp3) is 0.750. The van der Waals surface area contributed by atoms with Crippen molar-refractivity contribution in [1.29, 1.82) is 0 Å². The molecule has 0 aromatic carbocycles.